The highest BCUT2D eigenvalue weighted by Gasteiger charge is 2.34. The van der Waals surface area contributed by atoms with Gasteiger partial charge in [-0.2, -0.15) is 0 Å². The van der Waals surface area contributed by atoms with Crippen molar-refractivity contribution in [2.75, 3.05) is 16.9 Å². The molecule has 10 heteroatoms. The predicted octanol–water partition coefficient (Wildman–Crippen LogP) is 1.83. The first-order valence-electron chi connectivity index (χ1n) is 7.12. The average molecular weight is 366 g/mol. The van der Waals surface area contributed by atoms with Crippen LogP contribution >= 0.6 is 11.8 Å². The van der Waals surface area contributed by atoms with Crippen LogP contribution in [0.3, 0.4) is 0 Å². The van der Waals surface area contributed by atoms with Gasteiger partial charge in [0.25, 0.3) is 5.56 Å². The Morgan fingerprint density at radius 3 is 2.60 bits per heavy atom. The number of benzene rings is 1. The van der Waals surface area contributed by atoms with Crippen molar-refractivity contribution < 1.29 is 18.4 Å². The Balaban J connectivity index is 1.96. The van der Waals surface area contributed by atoms with Gasteiger partial charge in [0.1, 0.15) is 17.5 Å². The molecule has 2 heterocycles. The normalized spacial score (nSPS) is 16.1. The molecule has 2 aromatic rings. The quantitative estimate of drug-likeness (QED) is 0.568. The van der Waals surface area contributed by atoms with Crippen molar-refractivity contribution in [3.63, 3.8) is 0 Å². The first-order valence-corrected chi connectivity index (χ1v) is 8.35. The molecule has 3 rings (SSSR count). The molecular formula is C15H12F2N4O3S. The van der Waals surface area contributed by atoms with Crippen LogP contribution in [0.4, 0.5) is 20.3 Å². The van der Waals surface area contributed by atoms with E-state index in [4.69, 9.17) is 0 Å². The molecule has 3 N–H and O–H groups in total. The molecule has 2 amide bonds. The lowest BCUT2D eigenvalue weighted by molar-refractivity contribution is -0.123. The van der Waals surface area contributed by atoms with E-state index in [1.165, 1.54) is 11.8 Å². The number of amides is 2. The molecule has 0 bridgehead atoms. The summed E-state index contributed by atoms with van der Waals surface area (Å²) < 4.78 is 26.5. The number of hydrogen-bond acceptors (Lipinski definition) is 5. The number of anilines is 2. The summed E-state index contributed by atoms with van der Waals surface area (Å²) in [5.41, 5.74) is -0.660. The molecule has 1 aromatic heterocycles. The van der Waals surface area contributed by atoms with E-state index in [9.17, 15) is 23.2 Å². The molecule has 0 aliphatic carbocycles. The van der Waals surface area contributed by atoms with Gasteiger partial charge in [0.05, 0.1) is 11.5 Å². The van der Waals surface area contributed by atoms with E-state index in [2.05, 4.69) is 20.6 Å². The van der Waals surface area contributed by atoms with Gasteiger partial charge in [0, 0.05) is 18.2 Å². The Morgan fingerprint density at radius 1 is 1.28 bits per heavy atom. The molecule has 1 unspecified atom stereocenters. The van der Waals surface area contributed by atoms with Crippen LogP contribution in [0.15, 0.2) is 28.2 Å². The molecule has 7 nitrogen and oxygen atoms in total. The SMILES string of the molecule is CSc1nc2c(c(=O)[nH]1)C(C(=O)Nc1cc(F)cc(F)c1)CC(=O)N2. The van der Waals surface area contributed by atoms with E-state index >= 15 is 0 Å². The Hall–Kier alpha value is -2.75. The Morgan fingerprint density at radius 2 is 1.96 bits per heavy atom. The summed E-state index contributed by atoms with van der Waals surface area (Å²) in [6, 6.07) is 2.53. The highest BCUT2D eigenvalue weighted by molar-refractivity contribution is 7.98. The number of halogens is 2. The maximum Gasteiger partial charge on any atom is 0.257 e. The monoisotopic (exact) mass is 366 g/mol. The minimum absolute atomic E-state index is 0.00627. The number of rotatable bonds is 3. The van der Waals surface area contributed by atoms with Crippen molar-refractivity contribution in [2.24, 2.45) is 0 Å². The van der Waals surface area contributed by atoms with E-state index < -0.39 is 34.9 Å². The number of hydrogen-bond donors (Lipinski definition) is 3. The fourth-order valence-corrected chi connectivity index (χ4v) is 2.90. The van der Waals surface area contributed by atoms with Gasteiger partial charge < -0.3 is 15.6 Å². The lowest BCUT2D eigenvalue weighted by Crippen LogP contribution is -2.36. The van der Waals surface area contributed by atoms with Crippen molar-refractivity contribution >= 4 is 35.1 Å². The van der Waals surface area contributed by atoms with Crippen LogP contribution in [0.5, 0.6) is 0 Å². The summed E-state index contributed by atoms with van der Waals surface area (Å²) in [7, 11) is 0. The van der Waals surface area contributed by atoms with Crippen molar-refractivity contribution in [2.45, 2.75) is 17.5 Å². The largest absolute Gasteiger partial charge is 0.325 e. The van der Waals surface area contributed by atoms with Gasteiger partial charge in [-0.1, -0.05) is 11.8 Å². The first-order chi connectivity index (χ1) is 11.9. The third kappa shape index (κ3) is 3.53. The minimum Gasteiger partial charge on any atom is -0.325 e. The first kappa shape index (κ1) is 17.1. The van der Waals surface area contributed by atoms with Crippen molar-refractivity contribution in [1.29, 1.82) is 0 Å². The second-order valence-electron chi connectivity index (χ2n) is 5.29. The van der Waals surface area contributed by atoms with Crippen LogP contribution < -0.4 is 16.2 Å². The Kier molecular flexibility index (Phi) is 4.53. The van der Waals surface area contributed by atoms with Crippen LogP contribution in [0, 0.1) is 11.6 Å². The summed E-state index contributed by atoms with van der Waals surface area (Å²) in [6.07, 6.45) is 1.41. The number of nitrogens with zero attached hydrogens (tertiary/aromatic N) is 1. The van der Waals surface area contributed by atoms with Gasteiger partial charge in [-0.25, -0.2) is 13.8 Å². The smallest absolute Gasteiger partial charge is 0.257 e. The van der Waals surface area contributed by atoms with Gasteiger partial charge >= 0.3 is 0 Å². The second-order valence-corrected chi connectivity index (χ2v) is 6.08. The van der Waals surface area contributed by atoms with Crippen molar-refractivity contribution in [1.82, 2.24) is 9.97 Å². The lowest BCUT2D eigenvalue weighted by atomic mass is 9.92. The van der Waals surface area contributed by atoms with Gasteiger partial charge in [0.15, 0.2) is 5.16 Å². The number of aromatic amines is 1. The summed E-state index contributed by atoms with van der Waals surface area (Å²) in [4.78, 5) is 43.2. The molecule has 0 fully saturated rings. The van der Waals surface area contributed by atoms with Crippen LogP contribution in [0.1, 0.15) is 17.9 Å². The van der Waals surface area contributed by atoms with Crippen LogP contribution in [0.2, 0.25) is 0 Å². The fourth-order valence-electron chi connectivity index (χ4n) is 2.53. The number of nitrogens with one attached hydrogen (secondary N) is 3. The fraction of sp³-hybridized carbons (Fsp3) is 0.200. The Labute approximate surface area is 144 Å². The number of carbonyl (C=O) groups is 2. The van der Waals surface area contributed by atoms with E-state index in [0.717, 1.165) is 12.1 Å². The molecule has 0 radical (unpaired) electrons. The lowest BCUT2D eigenvalue weighted by Gasteiger charge is -2.23. The molecule has 1 aliphatic heterocycles. The number of fused-ring (bicyclic) bond motifs is 1. The molecule has 25 heavy (non-hydrogen) atoms. The average Bonchev–Trinajstić information content (AvgIpc) is 2.52. The molecule has 1 aromatic carbocycles. The van der Waals surface area contributed by atoms with Gasteiger partial charge in [-0.3, -0.25) is 14.4 Å². The predicted molar refractivity (Wildman–Crippen MR) is 87.6 cm³/mol. The summed E-state index contributed by atoms with van der Waals surface area (Å²) in [6.45, 7) is 0. The standard InChI is InChI=1S/C15H12F2N4O3S/c1-25-15-20-12-11(14(24)21-15)9(5-10(22)19-12)13(23)18-8-3-6(16)2-7(17)4-8/h2-4,9H,5H2,1H3,(H,18,23)(H2,19,20,21,22,24). The molecular weight excluding hydrogens is 354 g/mol. The number of thioether (sulfide) groups is 1. The zero-order chi connectivity index (χ0) is 18.1. The molecule has 0 spiro atoms. The Bertz CT molecular complexity index is 911. The maximum atomic E-state index is 13.2. The van der Waals surface area contributed by atoms with Crippen LogP contribution in [-0.2, 0) is 9.59 Å². The van der Waals surface area contributed by atoms with E-state index in [-0.39, 0.29) is 28.6 Å². The summed E-state index contributed by atoms with van der Waals surface area (Å²) in [5, 5.41) is 5.07. The van der Waals surface area contributed by atoms with E-state index in [1.807, 2.05) is 0 Å². The summed E-state index contributed by atoms with van der Waals surface area (Å²) in [5.74, 6) is -4.05. The van der Waals surface area contributed by atoms with E-state index in [0.29, 0.717) is 6.07 Å². The molecule has 130 valence electrons. The molecule has 0 saturated carbocycles. The van der Waals surface area contributed by atoms with Gasteiger partial charge in [-0.15, -0.1) is 0 Å². The van der Waals surface area contributed by atoms with Crippen molar-refractivity contribution in [3.05, 3.63) is 45.8 Å². The topological polar surface area (TPSA) is 104 Å². The number of carbonyl (C=O) groups excluding carboxylic acids is 2. The van der Waals surface area contributed by atoms with Gasteiger partial charge in [0.2, 0.25) is 11.8 Å². The van der Waals surface area contributed by atoms with Gasteiger partial charge in [-0.05, 0) is 18.4 Å². The molecule has 1 aliphatic rings. The third-order valence-electron chi connectivity index (χ3n) is 3.57. The number of H-pyrrole nitrogens is 1. The van der Waals surface area contributed by atoms with E-state index in [1.54, 1.807) is 6.26 Å². The minimum atomic E-state index is -1.12. The van der Waals surface area contributed by atoms with Crippen molar-refractivity contribution in [3.8, 4) is 0 Å². The zero-order valence-corrected chi connectivity index (χ0v) is 13.7. The third-order valence-corrected chi connectivity index (χ3v) is 4.15. The number of aromatic nitrogens is 2. The second kappa shape index (κ2) is 6.63. The summed E-state index contributed by atoms with van der Waals surface area (Å²) >= 11 is 1.17. The molecule has 0 saturated heterocycles. The highest BCUT2D eigenvalue weighted by atomic mass is 32.2. The van der Waals surface area contributed by atoms with Crippen LogP contribution in [0.25, 0.3) is 0 Å². The maximum absolute atomic E-state index is 13.2. The van der Waals surface area contributed by atoms with Crippen LogP contribution in [-0.4, -0.2) is 28.0 Å². The molecule has 1 atom stereocenters. The zero-order valence-electron chi connectivity index (χ0n) is 12.9. The highest BCUT2D eigenvalue weighted by Crippen LogP contribution is 2.30.